The molecule has 0 spiro atoms. The van der Waals surface area contributed by atoms with Gasteiger partial charge in [-0.05, 0) is 48.7 Å². The van der Waals surface area contributed by atoms with Crippen molar-refractivity contribution in [3.63, 3.8) is 0 Å². The van der Waals surface area contributed by atoms with Crippen molar-refractivity contribution < 1.29 is 9.59 Å². The molecule has 6 nitrogen and oxygen atoms in total. The normalized spacial score (nSPS) is 12.3. The first kappa shape index (κ1) is 27.7. The van der Waals surface area contributed by atoms with Crippen molar-refractivity contribution >= 4 is 63.7 Å². The van der Waals surface area contributed by atoms with Gasteiger partial charge in [0.25, 0.3) is 11.8 Å². The van der Waals surface area contributed by atoms with E-state index in [9.17, 15) is 9.59 Å². The summed E-state index contributed by atoms with van der Waals surface area (Å²) in [5.41, 5.74) is 6.67. The number of benzene rings is 3. The van der Waals surface area contributed by atoms with Crippen LogP contribution in [-0.2, 0) is 11.3 Å². The second-order valence-electron chi connectivity index (χ2n) is 9.25. The lowest BCUT2D eigenvalue weighted by Crippen LogP contribution is -2.48. The van der Waals surface area contributed by atoms with Gasteiger partial charge in [-0.15, -0.1) is 0 Å². The van der Waals surface area contributed by atoms with Gasteiger partial charge in [-0.25, -0.2) is 5.43 Å². The van der Waals surface area contributed by atoms with Crippen LogP contribution < -0.4 is 10.7 Å². The summed E-state index contributed by atoms with van der Waals surface area (Å²) in [7, 11) is 0. The molecule has 4 rings (SSSR count). The van der Waals surface area contributed by atoms with E-state index in [4.69, 9.17) is 34.8 Å². The van der Waals surface area contributed by atoms with E-state index in [0.717, 1.165) is 27.7 Å². The highest BCUT2D eigenvalue weighted by Gasteiger charge is 2.25. The molecular weight excluding hydrogens is 543 g/mol. The molecule has 0 aliphatic carbocycles. The van der Waals surface area contributed by atoms with E-state index in [-0.39, 0.29) is 5.92 Å². The van der Waals surface area contributed by atoms with Crippen molar-refractivity contribution in [3.8, 4) is 0 Å². The van der Waals surface area contributed by atoms with Gasteiger partial charge in [-0.1, -0.05) is 85.0 Å². The Balaban J connectivity index is 1.55. The summed E-state index contributed by atoms with van der Waals surface area (Å²) in [4.78, 5) is 25.7. The highest BCUT2D eigenvalue weighted by molar-refractivity contribution is 6.35. The number of nitrogens with one attached hydrogen (secondary N) is 2. The van der Waals surface area contributed by atoms with Gasteiger partial charge >= 0.3 is 0 Å². The van der Waals surface area contributed by atoms with Gasteiger partial charge in [-0.3, -0.25) is 9.59 Å². The monoisotopic (exact) mass is 568 g/mol. The molecule has 38 heavy (non-hydrogen) atoms. The molecule has 0 saturated carbocycles. The zero-order valence-corrected chi connectivity index (χ0v) is 23.4. The molecule has 3 aromatic carbocycles. The second-order valence-corrected chi connectivity index (χ2v) is 10.5. The Hall–Kier alpha value is -3.32. The van der Waals surface area contributed by atoms with E-state index < -0.39 is 17.9 Å². The molecular formula is C29H27Cl3N4O2. The fourth-order valence-electron chi connectivity index (χ4n) is 4.27. The minimum Gasteiger partial charge on any atom is -0.340 e. The van der Waals surface area contributed by atoms with Gasteiger partial charge in [0.1, 0.15) is 6.04 Å². The molecule has 196 valence electrons. The van der Waals surface area contributed by atoms with Crippen LogP contribution in [0.1, 0.15) is 41.0 Å². The SMILES string of the molecule is Cc1c(/C=N\NC(=O)C(NC(=O)c2ccccc2Cl)C(C)C)c2ccccc2n1Cc1ccc(Cl)cc1Cl. The van der Waals surface area contributed by atoms with Gasteiger partial charge in [0.15, 0.2) is 0 Å². The predicted molar refractivity (Wildman–Crippen MR) is 156 cm³/mol. The van der Waals surface area contributed by atoms with Crippen LogP contribution in [0.2, 0.25) is 15.1 Å². The summed E-state index contributed by atoms with van der Waals surface area (Å²) < 4.78 is 2.15. The maximum Gasteiger partial charge on any atom is 0.262 e. The van der Waals surface area contributed by atoms with Crippen LogP contribution in [0.5, 0.6) is 0 Å². The van der Waals surface area contributed by atoms with Crippen LogP contribution in [-0.4, -0.2) is 28.6 Å². The lowest BCUT2D eigenvalue weighted by Gasteiger charge is -2.20. The Bertz CT molecular complexity index is 1530. The average Bonchev–Trinajstić information content (AvgIpc) is 3.14. The molecule has 0 saturated heterocycles. The summed E-state index contributed by atoms with van der Waals surface area (Å²) in [5.74, 6) is -1.02. The number of rotatable bonds is 8. The van der Waals surface area contributed by atoms with E-state index in [1.165, 1.54) is 0 Å². The molecule has 0 fully saturated rings. The third-order valence-electron chi connectivity index (χ3n) is 6.35. The fourth-order valence-corrected chi connectivity index (χ4v) is 4.96. The number of carbonyl (C=O) groups is 2. The van der Waals surface area contributed by atoms with Crippen LogP contribution in [0.15, 0.2) is 71.8 Å². The summed E-state index contributed by atoms with van der Waals surface area (Å²) in [6, 6.07) is 19.3. The predicted octanol–water partition coefficient (Wildman–Crippen LogP) is 6.86. The van der Waals surface area contributed by atoms with E-state index in [0.29, 0.717) is 27.2 Å². The minimum atomic E-state index is -0.801. The highest BCUT2D eigenvalue weighted by atomic mass is 35.5. The lowest BCUT2D eigenvalue weighted by molar-refractivity contribution is -0.123. The Labute approximate surface area is 236 Å². The van der Waals surface area contributed by atoms with E-state index in [1.807, 2.05) is 57.2 Å². The van der Waals surface area contributed by atoms with Crippen molar-refractivity contribution in [1.82, 2.24) is 15.3 Å². The third kappa shape index (κ3) is 6.04. The number of halogens is 3. The maximum atomic E-state index is 13.0. The number of nitrogens with zero attached hydrogens (tertiary/aromatic N) is 2. The van der Waals surface area contributed by atoms with Crippen LogP contribution in [0.25, 0.3) is 10.9 Å². The van der Waals surface area contributed by atoms with E-state index in [2.05, 4.69) is 20.4 Å². The third-order valence-corrected chi connectivity index (χ3v) is 7.26. The number of hydrazone groups is 1. The Morgan fingerprint density at radius 2 is 1.68 bits per heavy atom. The first-order valence-corrected chi connectivity index (χ1v) is 13.2. The number of fused-ring (bicyclic) bond motifs is 1. The summed E-state index contributed by atoms with van der Waals surface area (Å²) >= 11 is 18.7. The quantitative estimate of drug-likeness (QED) is 0.180. The molecule has 0 bridgehead atoms. The van der Waals surface area contributed by atoms with E-state index >= 15 is 0 Å². The Kier molecular flexibility index (Phi) is 8.77. The van der Waals surface area contributed by atoms with Gasteiger partial charge < -0.3 is 9.88 Å². The molecule has 0 aliphatic rings. The Morgan fingerprint density at radius 1 is 0.974 bits per heavy atom. The molecule has 0 aliphatic heterocycles. The molecule has 2 N–H and O–H groups in total. The number of para-hydroxylation sites is 1. The number of carbonyl (C=O) groups excluding carboxylic acids is 2. The summed E-state index contributed by atoms with van der Waals surface area (Å²) in [5, 5.41) is 9.49. The number of hydrogen-bond acceptors (Lipinski definition) is 3. The first-order valence-electron chi connectivity index (χ1n) is 12.1. The minimum absolute atomic E-state index is 0.176. The molecule has 1 aromatic heterocycles. The largest absolute Gasteiger partial charge is 0.340 e. The van der Waals surface area contributed by atoms with E-state index in [1.54, 1.807) is 36.5 Å². The zero-order chi connectivity index (χ0) is 27.4. The Morgan fingerprint density at radius 3 is 2.39 bits per heavy atom. The molecule has 1 atom stereocenters. The lowest BCUT2D eigenvalue weighted by atomic mass is 10.0. The second kappa shape index (κ2) is 12.0. The van der Waals surface area contributed by atoms with Gasteiger partial charge in [0.2, 0.25) is 0 Å². The molecule has 2 amide bonds. The molecule has 1 heterocycles. The summed E-state index contributed by atoms with van der Waals surface area (Å²) in [6.45, 7) is 6.24. The van der Waals surface area contributed by atoms with Gasteiger partial charge in [0.05, 0.1) is 16.8 Å². The maximum absolute atomic E-state index is 13.0. The van der Waals surface area contributed by atoms with Crippen molar-refractivity contribution in [3.05, 3.63) is 104 Å². The molecule has 0 radical (unpaired) electrons. The highest BCUT2D eigenvalue weighted by Crippen LogP contribution is 2.28. The summed E-state index contributed by atoms with van der Waals surface area (Å²) in [6.07, 6.45) is 1.63. The number of amides is 2. The van der Waals surface area contributed by atoms with Crippen molar-refractivity contribution in [2.45, 2.75) is 33.4 Å². The van der Waals surface area contributed by atoms with Gasteiger partial charge in [0, 0.05) is 38.8 Å². The zero-order valence-electron chi connectivity index (χ0n) is 21.1. The topological polar surface area (TPSA) is 75.5 Å². The van der Waals surface area contributed by atoms with Crippen molar-refractivity contribution in [2.75, 3.05) is 0 Å². The molecule has 1 unspecified atom stereocenters. The van der Waals surface area contributed by atoms with Crippen LogP contribution >= 0.6 is 34.8 Å². The smallest absolute Gasteiger partial charge is 0.262 e. The molecule has 4 aromatic rings. The standard InChI is InChI=1S/C29H27Cl3N4O2/c1-17(2)27(34-28(37)22-9-4-6-10-24(22)31)29(38)35-33-15-23-18(3)36(26-11-7-5-8-21(23)26)16-19-12-13-20(30)14-25(19)32/h4-15,17,27H,16H2,1-3H3,(H,34,37)(H,35,38)/b33-15-. The van der Waals surface area contributed by atoms with Crippen LogP contribution in [0, 0.1) is 12.8 Å². The number of aromatic nitrogens is 1. The fraction of sp³-hybridized carbons (Fsp3) is 0.207. The molecule has 9 heteroatoms. The van der Waals surface area contributed by atoms with Crippen molar-refractivity contribution in [2.24, 2.45) is 11.0 Å². The van der Waals surface area contributed by atoms with Crippen LogP contribution in [0.3, 0.4) is 0 Å². The first-order chi connectivity index (χ1) is 18.2. The van der Waals surface area contributed by atoms with Gasteiger partial charge in [-0.2, -0.15) is 5.10 Å². The number of hydrogen-bond donors (Lipinski definition) is 2. The average molecular weight is 570 g/mol. The van der Waals surface area contributed by atoms with Crippen molar-refractivity contribution in [1.29, 1.82) is 0 Å². The van der Waals surface area contributed by atoms with Crippen LogP contribution in [0.4, 0.5) is 0 Å².